The molecule has 17 heavy (non-hydrogen) atoms. The summed E-state index contributed by atoms with van der Waals surface area (Å²) in [6.07, 6.45) is 0.348. The van der Waals surface area contributed by atoms with Gasteiger partial charge in [0.2, 0.25) is 0 Å². The van der Waals surface area contributed by atoms with Gasteiger partial charge in [-0.1, -0.05) is 0 Å². The number of rotatable bonds is 2. The maximum atomic E-state index is 10.9. The van der Waals surface area contributed by atoms with Crippen LogP contribution in [0.25, 0.3) is 0 Å². The highest BCUT2D eigenvalue weighted by molar-refractivity contribution is 9.10. The van der Waals surface area contributed by atoms with Crippen LogP contribution in [0.2, 0.25) is 0 Å². The van der Waals surface area contributed by atoms with Crippen LogP contribution in [0.1, 0.15) is 11.1 Å². The van der Waals surface area contributed by atoms with Gasteiger partial charge in [0.15, 0.2) is 11.5 Å². The fraction of sp³-hybridized carbons (Fsp3) is 0.364. The summed E-state index contributed by atoms with van der Waals surface area (Å²) in [7, 11) is 1.47. The lowest BCUT2D eigenvalue weighted by atomic mass is 9.95. The Balaban J connectivity index is 2.44. The number of halogens is 1. The number of ether oxygens (including phenoxy) is 1. The minimum Gasteiger partial charge on any atom is -0.504 e. The monoisotopic (exact) mass is 301 g/mol. The molecule has 0 bridgehead atoms. The number of benzene rings is 1. The highest BCUT2D eigenvalue weighted by Crippen LogP contribution is 2.40. The van der Waals surface area contributed by atoms with Crippen molar-refractivity contribution >= 4 is 21.9 Å². The van der Waals surface area contributed by atoms with E-state index in [0.717, 1.165) is 5.56 Å². The summed E-state index contributed by atoms with van der Waals surface area (Å²) in [5.41, 5.74) is 1.52. The Labute approximate surface area is 107 Å². The largest absolute Gasteiger partial charge is 0.504 e. The summed E-state index contributed by atoms with van der Waals surface area (Å²) in [4.78, 5) is 10.9. The molecular formula is C11H12BrNO4. The van der Waals surface area contributed by atoms with Gasteiger partial charge in [0.05, 0.1) is 11.6 Å². The molecule has 0 saturated carbocycles. The van der Waals surface area contributed by atoms with E-state index in [9.17, 15) is 9.90 Å². The van der Waals surface area contributed by atoms with Crippen LogP contribution in [0, 0.1) is 0 Å². The first-order valence-electron chi connectivity index (χ1n) is 5.08. The van der Waals surface area contributed by atoms with E-state index in [1.54, 1.807) is 6.07 Å². The quantitative estimate of drug-likeness (QED) is 0.766. The zero-order valence-corrected chi connectivity index (χ0v) is 10.7. The molecule has 92 valence electrons. The smallest absolute Gasteiger partial charge is 0.321 e. The maximum Gasteiger partial charge on any atom is 0.321 e. The van der Waals surface area contributed by atoms with Crippen molar-refractivity contribution in [3.63, 3.8) is 0 Å². The van der Waals surface area contributed by atoms with Crippen LogP contribution in [0.15, 0.2) is 10.5 Å². The van der Waals surface area contributed by atoms with Crippen LogP contribution in [0.4, 0.5) is 0 Å². The standard InChI is InChI=1S/C11H12BrNO4/c1-17-10-7(12)2-5-3-8(11(15)16)13-4-6(5)9(10)14/h2,8,13-14H,3-4H2,1H3,(H,15,16)/t8-/m0/s1. The first-order chi connectivity index (χ1) is 8.04. The summed E-state index contributed by atoms with van der Waals surface area (Å²) in [5, 5.41) is 21.8. The van der Waals surface area contributed by atoms with E-state index < -0.39 is 12.0 Å². The predicted molar refractivity (Wildman–Crippen MR) is 64.3 cm³/mol. The Kier molecular flexibility index (Phi) is 3.26. The predicted octanol–water partition coefficient (Wildman–Crippen LogP) is 1.26. The number of hydrogen-bond acceptors (Lipinski definition) is 4. The molecule has 3 N–H and O–H groups in total. The number of hydrogen-bond donors (Lipinski definition) is 3. The number of methoxy groups -OCH3 is 1. The molecule has 1 aromatic carbocycles. The molecule has 0 aliphatic carbocycles. The van der Waals surface area contributed by atoms with Crippen molar-refractivity contribution in [2.24, 2.45) is 0 Å². The normalized spacial score (nSPS) is 18.6. The van der Waals surface area contributed by atoms with Gasteiger partial charge in [-0.25, -0.2) is 0 Å². The molecule has 1 aliphatic heterocycles. The van der Waals surface area contributed by atoms with Gasteiger partial charge in [-0.15, -0.1) is 0 Å². The first-order valence-corrected chi connectivity index (χ1v) is 5.87. The molecule has 0 aromatic heterocycles. The molecule has 2 rings (SSSR count). The average Bonchev–Trinajstić information content (AvgIpc) is 2.28. The third kappa shape index (κ3) is 2.10. The molecule has 1 heterocycles. The number of carboxylic acid groups (broad SMARTS) is 1. The number of phenols is 1. The zero-order chi connectivity index (χ0) is 12.6. The average molecular weight is 302 g/mol. The van der Waals surface area contributed by atoms with Crippen molar-refractivity contribution < 1.29 is 19.7 Å². The molecule has 1 aliphatic rings. The van der Waals surface area contributed by atoms with Crippen molar-refractivity contribution in [1.82, 2.24) is 5.32 Å². The van der Waals surface area contributed by atoms with Crippen molar-refractivity contribution in [1.29, 1.82) is 0 Å². The van der Waals surface area contributed by atoms with E-state index in [2.05, 4.69) is 21.2 Å². The third-order valence-electron chi connectivity index (χ3n) is 2.86. The van der Waals surface area contributed by atoms with Crippen LogP contribution in [0.3, 0.4) is 0 Å². The van der Waals surface area contributed by atoms with Crippen molar-refractivity contribution in [3.05, 3.63) is 21.7 Å². The summed E-state index contributed by atoms with van der Waals surface area (Å²) >= 11 is 3.29. The molecule has 1 atom stereocenters. The van der Waals surface area contributed by atoms with Gasteiger partial charge in [0.25, 0.3) is 0 Å². The summed E-state index contributed by atoms with van der Waals surface area (Å²) in [5.74, 6) is -0.449. The molecular weight excluding hydrogens is 290 g/mol. The van der Waals surface area contributed by atoms with Crippen LogP contribution in [-0.2, 0) is 17.8 Å². The van der Waals surface area contributed by atoms with E-state index in [4.69, 9.17) is 9.84 Å². The molecule has 6 heteroatoms. The summed E-state index contributed by atoms with van der Waals surface area (Å²) in [6.45, 7) is 0.321. The molecule has 0 saturated heterocycles. The fourth-order valence-electron chi connectivity index (χ4n) is 1.97. The molecule has 0 radical (unpaired) electrons. The van der Waals surface area contributed by atoms with Crippen molar-refractivity contribution in [3.8, 4) is 11.5 Å². The van der Waals surface area contributed by atoms with Gasteiger partial charge < -0.3 is 14.9 Å². The Morgan fingerprint density at radius 3 is 2.94 bits per heavy atom. The van der Waals surface area contributed by atoms with Crippen molar-refractivity contribution in [2.75, 3.05) is 7.11 Å². The highest BCUT2D eigenvalue weighted by atomic mass is 79.9. The Hall–Kier alpha value is -1.27. The minimum absolute atomic E-state index is 0.0632. The molecule has 0 fully saturated rings. The Morgan fingerprint density at radius 1 is 1.65 bits per heavy atom. The zero-order valence-electron chi connectivity index (χ0n) is 9.16. The van der Waals surface area contributed by atoms with Crippen LogP contribution in [0.5, 0.6) is 11.5 Å². The van der Waals surface area contributed by atoms with Crippen LogP contribution >= 0.6 is 15.9 Å². The second-order valence-electron chi connectivity index (χ2n) is 3.85. The number of fused-ring (bicyclic) bond motifs is 1. The molecule has 0 amide bonds. The number of nitrogens with one attached hydrogen (secondary N) is 1. The maximum absolute atomic E-state index is 10.9. The summed E-state index contributed by atoms with van der Waals surface area (Å²) < 4.78 is 5.70. The number of carbonyl (C=O) groups is 1. The number of aromatic hydroxyl groups is 1. The lowest BCUT2D eigenvalue weighted by Crippen LogP contribution is -2.41. The molecule has 1 aromatic rings. The highest BCUT2D eigenvalue weighted by Gasteiger charge is 2.27. The van der Waals surface area contributed by atoms with Gasteiger partial charge in [-0.3, -0.25) is 10.1 Å². The van der Waals surface area contributed by atoms with Crippen LogP contribution in [-0.4, -0.2) is 29.3 Å². The number of phenolic OH excluding ortho intramolecular Hbond substituents is 1. The topological polar surface area (TPSA) is 78.8 Å². The van der Waals surface area contributed by atoms with Crippen LogP contribution < -0.4 is 10.1 Å². The Bertz CT molecular complexity index is 475. The summed E-state index contributed by atoms with van der Waals surface area (Å²) in [6, 6.07) is 1.19. The van der Waals surface area contributed by atoms with Gasteiger partial charge >= 0.3 is 5.97 Å². The van der Waals surface area contributed by atoms with E-state index in [1.165, 1.54) is 7.11 Å². The first kappa shape index (κ1) is 12.2. The van der Waals surface area contributed by atoms with E-state index in [1.807, 2.05) is 0 Å². The number of aliphatic carboxylic acids is 1. The van der Waals surface area contributed by atoms with E-state index >= 15 is 0 Å². The second kappa shape index (κ2) is 4.54. The third-order valence-corrected chi connectivity index (χ3v) is 3.45. The van der Waals surface area contributed by atoms with Gasteiger partial charge in [0, 0.05) is 12.1 Å². The van der Waals surface area contributed by atoms with Crippen molar-refractivity contribution in [2.45, 2.75) is 19.0 Å². The lowest BCUT2D eigenvalue weighted by Gasteiger charge is -2.25. The SMILES string of the molecule is COc1c(Br)cc2c(c1O)CN[C@H](C(=O)O)C2. The molecule has 0 spiro atoms. The Morgan fingerprint density at radius 2 is 2.35 bits per heavy atom. The minimum atomic E-state index is -0.887. The lowest BCUT2D eigenvalue weighted by molar-refractivity contribution is -0.139. The number of carboxylic acids is 1. The van der Waals surface area contributed by atoms with E-state index in [0.29, 0.717) is 28.8 Å². The molecule has 5 nitrogen and oxygen atoms in total. The van der Waals surface area contributed by atoms with E-state index in [-0.39, 0.29) is 5.75 Å². The van der Waals surface area contributed by atoms with Gasteiger partial charge in [0.1, 0.15) is 6.04 Å². The van der Waals surface area contributed by atoms with Gasteiger partial charge in [-0.05, 0) is 34.0 Å². The molecule has 0 unspecified atom stereocenters. The second-order valence-corrected chi connectivity index (χ2v) is 4.71. The fourth-order valence-corrected chi connectivity index (χ4v) is 2.60. The van der Waals surface area contributed by atoms with Gasteiger partial charge in [-0.2, -0.15) is 0 Å².